The lowest BCUT2D eigenvalue weighted by Crippen LogP contribution is -2.41. The van der Waals surface area contributed by atoms with E-state index in [-0.39, 0.29) is 11.2 Å². The fourth-order valence-electron chi connectivity index (χ4n) is 2.10. The number of hydrogen-bond donors (Lipinski definition) is 1. The molecule has 0 aliphatic rings. The lowest BCUT2D eigenvalue weighted by Gasteiger charge is -2.39. The van der Waals surface area contributed by atoms with E-state index in [1.165, 1.54) is 30.0 Å². The maximum Gasteiger partial charge on any atom is 0.159 e. The molecule has 6 heteroatoms. The van der Waals surface area contributed by atoms with Gasteiger partial charge in [-0.15, -0.1) is 23.1 Å². The lowest BCUT2D eigenvalue weighted by atomic mass is 9.77. The minimum atomic E-state index is -1.01. The SMILES string of the molecule is CC(=O)c1ccc(SCC(O)(c2cncs2)C(C)(C)C)c(Cl)c1. The highest BCUT2D eigenvalue weighted by Crippen LogP contribution is 2.45. The Kier molecular flexibility index (Phi) is 5.56. The van der Waals surface area contributed by atoms with Crippen LogP contribution in [0.3, 0.4) is 0 Å². The van der Waals surface area contributed by atoms with Crippen LogP contribution in [-0.4, -0.2) is 21.6 Å². The van der Waals surface area contributed by atoms with Crippen molar-refractivity contribution in [2.24, 2.45) is 5.41 Å². The second-order valence-electron chi connectivity index (χ2n) is 6.47. The van der Waals surface area contributed by atoms with Crippen molar-refractivity contribution in [3.05, 3.63) is 45.4 Å². The molecule has 23 heavy (non-hydrogen) atoms. The van der Waals surface area contributed by atoms with E-state index in [0.717, 1.165) is 9.77 Å². The van der Waals surface area contributed by atoms with E-state index in [1.54, 1.807) is 23.8 Å². The monoisotopic (exact) mass is 369 g/mol. The van der Waals surface area contributed by atoms with E-state index in [1.807, 2.05) is 26.8 Å². The van der Waals surface area contributed by atoms with Crippen LogP contribution in [0.2, 0.25) is 5.02 Å². The Bertz CT molecular complexity index is 695. The van der Waals surface area contributed by atoms with Gasteiger partial charge in [-0.1, -0.05) is 38.4 Å². The van der Waals surface area contributed by atoms with Gasteiger partial charge in [-0.05, 0) is 24.5 Å². The molecule has 124 valence electrons. The summed E-state index contributed by atoms with van der Waals surface area (Å²) in [4.78, 5) is 17.2. The summed E-state index contributed by atoms with van der Waals surface area (Å²) >= 11 is 9.21. The minimum Gasteiger partial charge on any atom is -0.383 e. The minimum absolute atomic E-state index is 0.0145. The van der Waals surface area contributed by atoms with Crippen molar-refractivity contribution in [3.63, 3.8) is 0 Å². The topological polar surface area (TPSA) is 50.2 Å². The van der Waals surface area contributed by atoms with Crippen LogP contribution in [0.25, 0.3) is 0 Å². The fourth-order valence-corrected chi connectivity index (χ4v) is 4.78. The Labute approximate surface area is 150 Å². The van der Waals surface area contributed by atoms with Gasteiger partial charge in [0.15, 0.2) is 5.78 Å². The van der Waals surface area contributed by atoms with Crippen LogP contribution in [-0.2, 0) is 5.60 Å². The van der Waals surface area contributed by atoms with Crippen LogP contribution >= 0.6 is 34.7 Å². The van der Waals surface area contributed by atoms with Gasteiger partial charge in [-0.2, -0.15) is 0 Å². The van der Waals surface area contributed by atoms with E-state index >= 15 is 0 Å². The van der Waals surface area contributed by atoms with Gasteiger partial charge in [0.2, 0.25) is 0 Å². The number of carbonyl (C=O) groups is 1. The van der Waals surface area contributed by atoms with Gasteiger partial charge < -0.3 is 5.11 Å². The van der Waals surface area contributed by atoms with Crippen LogP contribution in [0.1, 0.15) is 42.9 Å². The first-order chi connectivity index (χ1) is 10.6. The number of ketones is 1. The van der Waals surface area contributed by atoms with Gasteiger partial charge >= 0.3 is 0 Å². The number of aliphatic hydroxyl groups is 1. The molecule has 1 heterocycles. The molecular weight excluding hydrogens is 350 g/mol. The quantitative estimate of drug-likeness (QED) is 0.593. The molecule has 0 saturated heterocycles. The molecule has 0 radical (unpaired) electrons. The third kappa shape index (κ3) is 3.97. The second-order valence-corrected chi connectivity index (χ2v) is 8.78. The van der Waals surface area contributed by atoms with Gasteiger partial charge in [0, 0.05) is 22.4 Å². The molecule has 1 atom stereocenters. The molecule has 0 amide bonds. The number of Topliss-reactive ketones (excluding diaryl/α,β-unsaturated/α-hetero) is 1. The number of rotatable bonds is 5. The first-order valence-electron chi connectivity index (χ1n) is 7.20. The van der Waals surface area contributed by atoms with Gasteiger partial charge in [0.1, 0.15) is 5.60 Å². The van der Waals surface area contributed by atoms with Crippen molar-refractivity contribution < 1.29 is 9.90 Å². The average molecular weight is 370 g/mol. The highest BCUT2D eigenvalue weighted by Gasteiger charge is 2.43. The number of hydrogen-bond acceptors (Lipinski definition) is 5. The van der Waals surface area contributed by atoms with Crippen LogP contribution in [0.4, 0.5) is 0 Å². The maximum atomic E-state index is 11.4. The number of benzene rings is 1. The number of nitrogens with zero attached hydrogens (tertiary/aromatic N) is 1. The van der Waals surface area contributed by atoms with Crippen molar-refractivity contribution in [2.45, 2.75) is 38.2 Å². The molecule has 0 saturated carbocycles. The normalized spacial score (nSPS) is 14.5. The molecular formula is C17H20ClNO2S2. The number of thiazole rings is 1. The smallest absolute Gasteiger partial charge is 0.159 e. The first kappa shape index (κ1) is 18.5. The van der Waals surface area contributed by atoms with Crippen molar-refractivity contribution in [1.29, 1.82) is 0 Å². The second kappa shape index (κ2) is 6.93. The van der Waals surface area contributed by atoms with Crippen LogP contribution in [0.5, 0.6) is 0 Å². The van der Waals surface area contributed by atoms with Gasteiger partial charge in [-0.25, -0.2) is 0 Å². The molecule has 0 fully saturated rings. The molecule has 0 aliphatic heterocycles. The van der Waals surface area contributed by atoms with Crippen molar-refractivity contribution in [1.82, 2.24) is 4.98 Å². The third-order valence-corrected chi connectivity index (χ3v) is 6.43. The Morgan fingerprint density at radius 2 is 2.09 bits per heavy atom. The van der Waals surface area contributed by atoms with Crippen molar-refractivity contribution >= 4 is 40.5 Å². The molecule has 2 aromatic rings. The first-order valence-corrected chi connectivity index (χ1v) is 9.44. The van der Waals surface area contributed by atoms with Gasteiger partial charge in [0.05, 0.1) is 15.4 Å². The van der Waals surface area contributed by atoms with E-state index in [0.29, 0.717) is 16.3 Å². The molecule has 2 rings (SSSR count). The van der Waals surface area contributed by atoms with Crippen molar-refractivity contribution in [2.75, 3.05) is 5.75 Å². The molecule has 3 nitrogen and oxygen atoms in total. The number of carbonyl (C=O) groups excluding carboxylic acids is 1. The van der Waals surface area contributed by atoms with E-state index in [2.05, 4.69) is 4.98 Å². The Morgan fingerprint density at radius 3 is 2.57 bits per heavy atom. The van der Waals surface area contributed by atoms with E-state index < -0.39 is 5.60 Å². The van der Waals surface area contributed by atoms with E-state index in [4.69, 9.17) is 11.6 Å². The van der Waals surface area contributed by atoms with Gasteiger partial charge in [-0.3, -0.25) is 9.78 Å². The zero-order valence-corrected chi connectivity index (χ0v) is 16.0. The highest BCUT2D eigenvalue weighted by molar-refractivity contribution is 7.99. The zero-order valence-electron chi connectivity index (χ0n) is 13.6. The Hall–Kier alpha value is -0.880. The van der Waals surface area contributed by atoms with Crippen LogP contribution in [0.15, 0.2) is 34.8 Å². The third-order valence-electron chi connectivity index (χ3n) is 3.86. The summed E-state index contributed by atoms with van der Waals surface area (Å²) in [6.07, 6.45) is 1.72. The molecule has 1 N–H and O–H groups in total. The highest BCUT2D eigenvalue weighted by atomic mass is 35.5. The molecule has 0 spiro atoms. The van der Waals surface area contributed by atoms with Crippen LogP contribution in [0, 0.1) is 5.41 Å². The summed E-state index contributed by atoms with van der Waals surface area (Å²) in [5.74, 6) is 0.442. The molecule has 1 aromatic carbocycles. The largest absolute Gasteiger partial charge is 0.383 e. The summed E-state index contributed by atoms with van der Waals surface area (Å²) in [6.45, 7) is 7.54. The van der Waals surface area contributed by atoms with Crippen LogP contribution < -0.4 is 0 Å². The Morgan fingerprint density at radius 1 is 1.39 bits per heavy atom. The average Bonchev–Trinajstić information content (AvgIpc) is 2.98. The van der Waals surface area contributed by atoms with E-state index in [9.17, 15) is 9.90 Å². The summed E-state index contributed by atoms with van der Waals surface area (Å²) in [6, 6.07) is 5.27. The predicted molar refractivity (Wildman–Crippen MR) is 97.6 cm³/mol. The number of aromatic nitrogens is 1. The molecule has 1 aromatic heterocycles. The standard InChI is InChI=1S/C17H20ClNO2S2/c1-11(20)12-5-6-14(13(18)7-12)22-9-17(21,16(2,3)4)15-8-19-10-23-15/h5-8,10,21H,9H2,1-4H3. The molecule has 1 unspecified atom stereocenters. The lowest BCUT2D eigenvalue weighted by molar-refractivity contribution is -0.0392. The summed E-state index contributed by atoms with van der Waals surface area (Å²) in [7, 11) is 0. The number of halogens is 1. The zero-order chi connectivity index (χ0) is 17.3. The summed E-state index contributed by atoms with van der Waals surface area (Å²) < 4.78 is 0. The summed E-state index contributed by atoms with van der Waals surface area (Å²) in [5.41, 5.74) is 0.957. The van der Waals surface area contributed by atoms with Crippen molar-refractivity contribution in [3.8, 4) is 0 Å². The van der Waals surface area contributed by atoms with Gasteiger partial charge in [0.25, 0.3) is 0 Å². The predicted octanol–water partition coefficient (Wildman–Crippen LogP) is 5.03. The Balaban J connectivity index is 2.25. The fraction of sp³-hybridized carbons (Fsp3) is 0.412. The number of thioether (sulfide) groups is 1. The molecule has 0 aliphatic carbocycles. The maximum absolute atomic E-state index is 11.4. The molecule has 0 bridgehead atoms. The summed E-state index contributed by atoms with van der Waals surface area (Å²) in [5, 5.41) is 11.8.